The van der Waals surface area contributed by atoms with Gasteiger partial charge in [0.25, 0.3) is 11.5 Å². The first-order valence-corrected chi connectivity index (χ1v) is 10.7. The molecule has 4 heterocycles. The van der Waals surface area contributed by atoms with Gasteiger partial charge in [0.15, 0.2) is 5.69 Å². The Morgan fingerprint density at radius 1 is 1.41 bits per heavy atom. The van der Waals surface area contributed by atoms with Crippen LogP contribution in [0.15, 0.2) is 11.0 Å². The van der Waals surface area contributed by atoms with Gasteiger partial charge in [0.05, 0.1) is 11.6 Å². The predicted molar refractivity (Wildman–Crippen MR) is 111 cm³/mol. The number of aromatic amines is 1. The molecule has 0 bridgehead atoms. The molecule has 0 spiro atoms. The number of carbonyl (C=O) groups excluding carboxylic acids is 1. The van der Waals surface area contributed by atoms with Crippen LogP contribution in [0.2, 0.25) is 0 Å². The quantitative estimate of drug-likeness (QED) is 0.556. The van der Waals surface area contributed by atoms with Gasteiger partial charge in [-0.3, -0.25) is 14.3 Å². The first-order valence-electron chi connectivity index (χ1n) is 9.89. The molecule has 10 heteroatoms. The summed E-state index contributed by atoms with van der Waals surface area (Å²) in [6.45, 7) is 7.08. The molecule has 1 aliphatic rings. The number of aryl methyl sites for hydroxylation is 2. The van der Waals surface area contributed by atoms with Gasteiger partial charge >= 0.3 is 0 Å². The van der Waals surface area contributed by atoms with Crippen molar-refractivity contribution in [2.45, 2.75) is 39.7 Å². The summed E-state index contributed by atoms with van der Waals surface area (Å²) in [5.74, 6) is 0.811. The first-order chi connectivity index (χ1) is 14.0. The Balaban J connectivity index is 1.33. The van der Waals surface area contributed by atoms with E-state index in [1.807, 2.05) is 13.8 Å². The van der Waals surface area contributed by atoms with Crippen LogP contribution >= 0.6 is 11.3 Å². The third-order valence-corrected chi connectivity index (χ3v) is 6.45. The lowest BCUT2D eigenvalue weighted by Gasteiger charge is -2.22. The molecule has 0 saturated carbocycles. The maximum Gasteiger partial charge on any atom is 0.273 e. The van der Waals surface area contributed by atoms with Crippen LogP contribution in [0.5, 0.6) is 0 Å². The largest absolute Gasteiger partial charge is 0.350 e. The number of nitrogens with zero attached hydrogens (tertiary/aromatic N) is 4. The number of hydrogen-bond donors (Lipinski definition) is 3. The molecule has 9 nitrogen and oxygen atoms in total. The van der Waals surface area contributed by atoms with E-state index >= 15 is 0 Å². The molecule has 0 aliphatic carbocycles. The van der Waals surface area contributed by atoms with Crippen LogP contribution in [-0.4, -0.2) is 50.5 Å². The fourth-order valence-corrected chi connectivity index (χ4v) is 4.69. The predicted octanol–water partition coefficient (Wildman–Crippen LogP) is 1.17. The number of rotatable bonds is 6. The molecule has 1 saturated heterocycles. The van der Waals surface area contributed by atoms with Crippen molar-refractivity contribution in [3.8, 4) is 0 Å². The Morgan fingerprint density at radius 2 is 2.28 bits per heavy atom. The standard InChI is InChI=1S/C19H25N7O2S/c1-11-12(2)29-19-16(11)18(28)22-15(23-19)5-7-21-17(27)14-10-26(25-24-14)9-13-4-3-6-20-8-13/h10,13,20H,3-9H2,1-2H3,(H,21,27)(H,22,23,28)/t13-/m0/s1. The second kappa shape index (κ2) is 8.42. The summed E-state index contributed by atoms with van der Waals surface area (Å²) in [6, 6.07) is 0. The Bertz CT molecular complexity index is 1080. The number of amides is 1. The summed E-state index contributed by atoms with van der Waals surface area (Å²) < 4.78 is 1.74. The number of piperidine rings is 1. The molecule has 1 amide bonds. The Hall–Kier alpha value is -2.59. The normalized spacial score (nSPS) is 17.0. The van der Waals surface area contributed by atoms with E-state index in [0.717, 1.165) is 41.3 Å². The van der Waals surface area contributed by atoms with Crippen molar-refractivity contribution in [3.05, 3.63) is 38.5 Å². The van der Waals surface area contributed by atoms with E-state index in [2.05, 4.69) is 30.9 Å². The Morgan fingerprint density at radius 3 is 3.07 bits per heavy atom. The molecule has 0 unspecified atom stereocenters. The zero-order valence-corrected chi connectivity index (χ0v) is 17.4. The SMILES string of the molecule is Cc1sc2nc(CCNC(=O)c3cn(C[C@H]4CCCNC4)nn3)[nH]c(=O)c2c1C. The summed E-state index contributed by atoms with van der Waals surface area (Å²) in [7, 11) is 0. The molecule has 1 fully saturated rings. The Kier molecular flexibility index (Phi) is 5.72. The topological polar surface area (TPSA) is 118 Å². The summed E-state index contributed by atoms with van der Waals surface area (Å²) in [6.07, 6.45) is 4.45. The summed E-state index contributed by atoms with van der Waals surface area (Å²) >= 11 is 1.52. The maximum absolute atomic E-state index is 12.3. The molecule has 1 aliphatic heterocycles. The fraction of sp³-hybridized carbons (Fsp3) is 0.526. The maximum atomic E-state index is 12.3. The fourth-order valence-electron chi connectivity index (χ4n) is 3.64. The average Bonchev–Trinajstić information content (AvgIpc) is 3.27. The first kappa shape index (κ1) is 19.7. The summed E-state index contributed by atoms with van der Waals surface area (Å²) in [5.41, 5.74) is 1.15. The summed E-state index contributed by atoms with van der Waals surface area (Å²) in [4.78, 5) is 33.8. The van der Waals surface area contributed by atoms with Gasteiger partial charge in [-0.2, -0.15) is 0 Å². The molecule has 154 valence electrons. The minimum absolute atomic E-state index is 0.127. The smallest absolute Gasteiger partial charge is 0.273 e. The Labute approximate surface area is 171 Å². The number of thiophene rings is 1. The molecule has 29 heavy (non-hydrogen) atoms. The number of nitrogens with one attached hydrogen (secondary N) is 3. The molecule has 3 N–H and O–H groups in total. The lowest BCUT2D eigenvalue weighted by atomic mass is 10.00. The van der Waals surface area contributed by atoms with E-state index in [1.165, 1.54) is 17.8 Å². The van der Waals surface area contributed by atoms with Crippen LogP contribution < -0.4 is 16.2 Å². The highest BCUT2D eigenvalue weighted by Crippen LogP contribution is 2.25. The third kappa shape index (κ3) is 4.38. The second-order valence-electron chi connectivity index (χ2n) is 7.52. The van der Waals surface area contributed by atoms with E-state index in [1.54, 1.807) is 10.9 Å². The number of carbonyl (C=O) groups is 1. The second-order valence-corrected chi connectivity index (χ2v) is 8.72. The van der Waals surface area contributed by atoms with Gasteiger partial charge < -0.3 is 15.6 Å². The van der Waals surface area contributed by atoms with Gasteiger partial charge in [-0.15, -0.1) is 16.4 Å². The van der Waals surface area contributed by atoms with E-state index in [9.17, 15) is 9.59 Å². The van der Waals surface area contributed by atoms with Crippen LogP contribution in [0.4, 0.5) is 0 Å². The van der Waals surface area contributed by atoms with E-state index < -0.39 is 0 Å². The van der Waals surface area contributed by atoms with Crippen molar-refractivity contribution in [2.75, 3.05) is 19.6 Å². The van der Waals surface area contributed by atoms with Crippen molar-refractivity contribution in [1.82, 2.24) is 35.6 Å². The summed E-state index contributed by atoms with van der Waals surface area (Å²) in [5, 5.41) is 14.9. The van der Waals surface area contributed by atoms with Crippen molar-refractivity contribution in [2.24, 2.45) is 5.92 Å². The number of aromatic nitrogens is 5. The molecule has 0 radical (unpaired) electrons. The van der Waals surface area contributed by atoms with Crippen LogP contribution in [-0.2, 0) is 13.0 Å². The van der Waals surface area contributed by atoms with Gasteiger partial charge in [0.1, 0.15) is 10.7 Å². The molecule has 1 atom stereocenters. The van der Waals surface area contributed by atoms with E-state index in [4.69, 9.17) is 0 Å². The van der Waals surface area contributed by atoms with Crippen molar-refractivity contribution in [3.63, 3.8) is 0 Å². The number of hydrogen-bond acceptors (Lipinski definition) is 7. The van der Waals surface area contributed by atoms with Gasteiger partial charge in [-0.1, -0.05) is 5.21 Å². The monoisotopic (exact) mass is 415 g/mol. The van der Waals surface area contributed by atoms with E-state index in [0.29, 0.717) is 35.8 Å². The van der Waals surface area contributed by atoms with Gasteiger partial charge in [0.2, 0.25) is 0 Å². The van der Waals surface area contributed by atoms with Gasteiger partial charge in [-0.25, -0.2) is 4.98 Å². The molecular formula is C19H25N7O2S. The van der Waals surface area contributed by atoms with Crippen LogP contribution in [0.1, 0.15) is 39.6 Å². The molecule has 3 aromatic rings. The third-order valence-electron chi connectivity index (χ3n) is 5.35. The molecule has 4 rings (SSSR count). The van der Waals surface area contributed by atoms with E-state index in [-0.39, 0.29) is 11.5 Å². The zero-order valence-electron chi connectivity index (χ0n) is 16.6. The molecule has 3 aromatic heterocycles. The van der Waals surface area contributed by atoms with Crippen LogP contribution in [0.3, 0.4) is 0 Å². The average molecular weight is 416 g/mol. The van der Waals surface area contributed by atoms with Crippen LogP contribution in [0.25, 0.3) is 10.2 Å². The highest BCUT2D eigenvalue weighted by molar-refractivity contribution is 7.18. The van der Waals surface area contributed by atoms with Crippen molar-refractivity contribution >= 4 is 27.5 Å². The molecular weight excluding hydrogens is 390 g/mol. The lowest BCUT2D eigenvalue weighted by Crippen LogP contribution is -2.32. The van der Waals surface area contributed by atoms with Crippen LogP contribution in [0, 0.1) is 19.8 Å². The highest BCUT2D eigenvalue weighted by atomic mass is 32.1. The number of fused-ring (bicyclic) bond motifs is 1. The minimum atomic E-state index is -0.274. The highest BCUT2D eigenvalue weighted by Gasteiger charge is 2.17. The van der Waals surface area contributed by atoms with Crippen molar-refractivity contribution < 1.29 is 4.79 Å². The van der Waals surface area contributed by atoms with Gasteiger partial charge in [0, 0.05) is 24.4 Å². The van der Waals surface area contributed by atoms with Gasteiger partial charge in [-0.05, 0) is 51.3 Å². The number of H-pyrrole nitrogens is 1. The van der Waals surface area contributed by atoms with Crippen molar-refractivity contribution in [1.29, 1.82) is 0 Å². The minimum Gasteiger partial charge on any atom is -0.350 e. The zero-order chi connectivity index (χ0) is 20.4. The lowest BCUT2D eigenvalue weighted by molar-refractivity contribution is 0.0949. The molecule has 0 aromatic carbocycles.